The Hall–Kier alpha value is -2.68. The van der Waals surface area contributed by atoms with Crippen molar-refractivity contribution in [2.24, 2.45) is 17.8 Å². The lowest BCUT2D eigenvalue weighted by Gasteiger charge is -2.41. The zero-order chi connectivity index (χ0) is 28.7. The van der Waals surface area contributed by atoms with E-state index in [1.54, 1.807) is 29.2 Å². The van der Waals surface area contributed by atoms with E-state index < -0.39 is 41.1 Å². The first kappa shape index (κ1) is 28.8. The minimum atomic E-state index is -1.42. The Morgan fingerprint density at radius 3 is 2.55 bits per heavy atom. The van der Waals surface area contributed by atoms with E-state index in [0.29, 0.717) is 23.6 Å². The van der Waals surface area contributed by atoms with Crippen LogP contribution in [0.15, 0.2) is 48.6 Å². The number of benzene rings is 1. The fourth-order valence-corrected chi connectivity index (χ4v) is 7.32. The van der Waals surface area contributed by atoms with Crippen LogP contribution in [0.1, 0.15) is 52.9 Å². The monoisotopic (exact) mass is 570 g/mol. The second kappa shape index (κ2) is 11.3. The van der Waals surface area contributed by atoms with Gasteiger partial charge in [0, 0.05) is 6.54 Å². The zero-order valence-corrected chi connectivity index (χ0v) is 24.2. The van der Waals surface area contributed by atoms with Crippen molar-refractivity contribution in [2.45, 2.75) is 76.2 Å². The number of aliphatic hydroxyl groups excluding tert-OH is 1. The van der Waals surface area contributed by atoms with Gasteiger partial charge >= 0.3 is 5.97 Å². The highest BCUT2D eigenvalue weighted by Crippen LogP contribution is 2.59. The second-order valence-electron chi connectivity index (χ2n) is 11.7. The molecule has 6 atom stereocenters. The minimum absolute atomic E-state index is 0.148. The molecule has 2 amide bonds. The molecule has 9 heteroatoms. The first-order valence-corrected chi connectivity index (χ1v) is 14.8. The van der Waals surface area contributed by atoms with Crippen molar-refractivity contribution in [1.29, 1.82) is 0 Å². The summed E-state index contributed by atoms with van der Waals surface area (Å²) in [6, 6.07) is 5.36. The number of rotatable bonds is 6. The van der Waals surface area contributed by atoms with Crippen LogP contribution < -0.4 is 4.90 Å². The Kier molecular flexibility index (Phi) is 8.15. The Labute approximate surface area is 240 Å². The molecule has 0 saturated carbocycles. The number of nitrogens with zero attached hydrogens (tertiary/aromatic N) is 2. The van der Waals surface area contributed by atoms with Crippen molar-refractivity contribution in [1.82, 2.24) is 4.90 Å². The van der Waals surface area contributed by atoms with Crippen LogP contribution in [0, 0.1) is 17.8 Å². The third kappa shape index (κ3) is 4.58. The SMILES string of the molecule is CC[C@]12/C=C\CCCCOC(=O)[C@H]1[C@H]1C(=O)N([C@@H](CO)CC(C)C)C3C(=O)N(c4ccccc4Cl)CC=C[C@@]31O2. The van der Waals surface area contributed by atoms with Crippen LogP contribution in [-0.4, -0.2) is 70.8 Å². The van der Waals surface area contributed by atoms with Crippen LogP contribution in [0.2, 0.25) is 5.02 Å². The summed E-state index contributed by atoms with van der Waals surface area (Å²) in [5, 5.41) is 10.9. The first-order valence-electron chi connectivity index (χ1n) is 14.4. The molecule has 4 heterocycles. The number of amides is 2. The summed E-state index contributed by atoms with van der Waals surface area (Å²) in [5.41, 5.74) is -2.01. The molecule has 1 aromatic carbocycles. The summed E-state index contributed by atoms with van der Waals surface area (Å²) in [5.74, 6) is -2.98. The average molecular weight is 571 g/mol. The highest BCUT2D eigenvalue weighted by molar-refractivity contribution is 6.34. The fraction of sp³-hybridized carbons (Fsp3) is 0.581. The number of anilines is 1. The summed E-state index contributed by atoms with van der Waals surface area (Å²) in [4.78, 5) is 46.1. The predicted octanol–water partition coefficient (Wildman–Crippen LogP) is 4.29. The number of aliphatic hydroxyl groups is 1. The van der Waals surface area contributed by atoms with E-state index in [4.69, 9.17) is 21.1 Å². The molecule has 0 radical (unpaired) electrons. The third-order valence-electron chi connectivity index (χ3n) is 8.81. The molecule has 1 spiro atoms. The maximum absolute atomic E-state index is 14.6. The van der Waals surface area contributed by atoms with E-state index in [1.165, 1.54) is 4.90 Å². The molecule has 2 saturated heterocycles. The molecule has 4 aliphatic heterocycles. The van der Waals surface area contributed by atoms with E-state index in [2.05, 4.69) is 0 Å². The fourth-order valence-electron chi connectivity index (χ4n) is 7.08. The summed E-state index contributed by atoms with van der Waals surface area (Å²) in [7, 11) is 0. The zero-order valence-electron chi connectivity index (χ0n) is 23.4. The Bertz CT molecular complexity index is 1220. The Morgan fingerprint density at radius 2 is 1.85 bits per heavy atom. The van der Waals surface area contributed by atoms with Crippen molar-refractivity contribution >= 4 is 35.1 Å². The highest BCUT2D eigenvalue weighted by Gasteiger charge is 2.76. The van der Waals surface area contributed by atoms with Crippen LogP contribution in [0.25, 0.3) is 0 Å². The number of fused-ring (bicyclic) bond motifs is 2. The van der Waals surface area contributed by atoms with Crippen molar-refractivity contribution in [3.63, 3.8) is 0 Å². The van der Waals surface area contributed by atoms with Gasteiger partial charge in [0.15, 0.2) is 0 Å². The number of esters is 1. The molecule has 1 N–H and O–H groups in total. The van der Waals surface area contributed by atoms with E-state index >= 15 is 0 Å². The van der Waals surface area contributed by atoms with Gasteiger partial charge in [-0.25, -0.2) is 0 Å². The maximum Gasteiger partial charge on any atom is 0.313 e. The van der Waals surface area contributed by atoms with E-state index in [1.807, 2.05) is 45.1 Å². The molecule has 0 aromatic heterocycles. The van der Waals surface area contributed by atoms with Crippen molar-refractivity contribution < 1.29 is 29.0 Å². The normalized spacial score (nSPS) is 33.8. The topological polar surface area (TPSA) is 96.4 Å². The Morgan fingerprint density at radius 1 is 1.07 bits per heavy atom. The summed E-state index contributed by atoms with van der Waals surface area (Å²) < 4.78 is 12.7. The molecule has 1 unspecified atom stereocenters. The smallest absolute Gasteiger partial charge is 0.313 e. The molecule has 4 aliphatic rings. The number of cyclic esters (lactones) is 1. The number of likely N-dealkylation sites (tertiary alicyclic amines) is 1. The van der Waals surface area contributed by atoms with Crippen LogP contribution >= 0.6 is 11.6 Å². The number of halogens is 1. The molecule has 40 heavy (non-hydrogen) atoms. The number of carbonyl (C=O) groups is 3. The molecular weight excluding hydrogens is 532 g/mol. The quantitative estimate of drug-likeness (QED) is 0.405. The van der Waals surface area contributed by atoms with Crippen LogP contribution in [0.5, 0.6) is 0 Å². The first-order chi connectivity index (χ1) is 19.2. The van der Waals surface area contributed by atoms with Gasteiger partial charge in [-0.3, -0.25) is 14.4 Å². The lowest BCUT2D eigenvalue weighted by molar-refractivity contribution is -0.161. The van der Waals surface area contributed by atoms with Crippen molar-refractivity contribution in [2.75, 3.05) is 24.7 Å². The van der Waals surface area contributed by atoms with Crippen molar-refractivity contribution in [3.05, 3.63) is 53.6 Å². The molecule has 8 nitrogen and oxygen atoms in total. The lowest BCUT2D eigenvalue weighted by atomic mass is 9.73. The molecule has 1 aromatic rings. The number of hydrogen-bond donors (Lipinski definition) is 1. The predicted molar refractivity (Wildman–Crippen MR) is 152 cm³/mol. The molecule has 216 valence electrons. The largest absolute Gasteiger partial charge is 0.465 e. The van der Waals surface area contributed by atoms with Gasteiger partial charge in [0.1, 0.15) is 23.2 Å². The number of ether oxygens (including phenoxy) is 2. The summed E-state index contributed by atoms with van der Waals surface area (Å²) >= 11 is 6.54. The summed E-state index contributed by atoms with van der Waals surface area (Å²) in [6.45, 7) is 6.11. The van der Waals surface area contributed by atoms with Gasteiger partial charge in [-0.05, 0) is 50.2 Å². The molecule has 5 rings (SSSR count). The third-order valence-corrected chi connectivity index (χ3v) is 9.13. The molecule has 0 bridgehead atoms. The maximum atomic E-state index is 14.6. The molecule has 2 fully saturated rings. The number of para-hydroxylation sites is 1. The van der Waals surface area contributed by atoms with Gasteiger partial charge < -0.3 is 24.4 Å². The van der Waals surface area contributed by atoms with Gasteiger partial charge in [-0.1, -0.05) is 68.8 Å². The highest BCUT2D eigenvalue weighted by atomic mass is 35.5. The van der Waals surface area contributed by atoms with E-state index in [-0.39, 0.29) is 37.5 Å². The van der Waals surface area contributed by atoms with E-state index in [9.17, 15) is 19.5 Å². The summed E-state index contributed by atoms with van der Waals surface area (Å²) in [6.07, 6.45) is 10.9. The number of allylic oxidation sites excluding steroid dienone is 1. The van der Waals surface area contributed by atoms with Gasteiger partial charge in [-0.2, -0.15) is 0 Å². The van der Waals surface area contributed by atoms with Crippen molar-refractivity contribution in [3.8, 4) is 0 Å². The van der Waals surface area contributed by atoms with Crippen LogP contribution in [0.4, 0.5) is 5.69 Å². The average Bonchev–Trinajstić information content (AvgIpc) is 3.29. The number of hydrogen-bond acceptors (Lipinski definition) is 6. The van der Waals surface area contributed by atoms with E-state index in [0.717, 1.165) is 19.3 Å². The van der Waals surface area contributed by atoms with Crippen LogP contribution in [0.3, 0.4) is 0 Å². The minimum Gasteiger partial charge on any atom is -0.465 e. The van der Waals surface area contributed by atoms with Crippen LogP contribution in [-0.2, 0) is 23.9 Å². The standard InChI is InChI=1S/C31H39ClN2O6/c1-4-30-14-9-5-6-10-17-39-29(38)25(30)24-27(36)34(21(19-35)18-20(2)3)26-28(37)33(16-11-15-31(24,26)40-30)23-13-8-7-12-22(23)32/h7-9,11-15,20-21,24-26,35H,4-6,10,16-19H2,1-3H3/b14-9-/t21-,24+,25-,26?,30+,31+/m1/s1. The molecular formula is C31H39ClN2O6. The van der Waals surface area contributed by atoms with Gasteiger partial charge in [0.05, 0.1) is 35.9 Å². The van der Waals surface area contributed by atoms with Gasteiger partial charge in [0.25, 0.3) is 5.91 Å². The Balaban J connectivity index is 1.70. The van der Waals surface area contributed by atoms with Gasteiger partial charge in [-0.15, -0.1) is 0 Å². The molecule has 0 aliphatic carbocycles. The second-order valence-corrected chi connectivity index (χ2v) is 12.1. The lowest BCUT2D eigenvalue weighted by Crippen LogP contribution is -2.59. The number of carbonyl (C=O) groups excluding carboxylic acids is 3. The van der Waals surface area contributed by atoms with Gasteiger partial charge in [0.2, 0.25) is 5.91 Å².